The van der Waals surface area contributed by atoms with Gasteiger partial charge in [-0.15, -0.1) is 11.6 Å². The summed E-state index contributed by atoms with van der Waals surface area (Å²) < 4.78 is 2.12. The summed E-state index contributed by atoms with van der Waals surface area (Å²) in [4.78, 5) is 4.51. The summed E-state index contributed by atoms with van der Waals surface area (Å²) in [6.07, 6.45) is 2.09. The smallest absolute Gasteiger partial charge is 0.124 e. The van der Waals surface area contributed by atoms with Crippen LogP contribution < -0.4 is 0 Å². The number of nitrogens with zero attached hydrogens (tertiary/aromatic N) is 3. The molecule has 0 amide bonds. The maximum Gasteiger partial charge on any atom is 0.124 e. The van der Waals surface area contributed by atoms with Crippen LogP contribution in [-0.4, -0.2) is 21.1 Å². The number of aromatic nitrogens is 2. The number of hydrogen-bond donors (Lipinski definition) is 0. The second-order valence-electron chi connectivity index (χ2n) is 4.13. The molecule has 0 aliphatic carbocycles. The molecule has 0 aliphatic heterocycles. The van der Waals surface area contributed by atoms with Gasteiger partial charge in [0.15, 0.2) is 0 Å². The van der Waals surface area contributed by atoms with Gasteiger partial charge >= 0.3 is 0 Å². The number of nitriles is 1. The monoisotopic (exact) mass is 279 g/mol. The van der Waals surface area contributed by atoms with Gasteiger partial charge in [0.25, 0.3) is 0 Å². The molecule has 3 nitrogen and oxygen atoms in total. The minimum atomic E-state index is 0.387. The van der Waals surface area contributed by atoms with E-state index in [1.807, 2.05) is 12.1 Å². The fourth-order valence-corrected chi connectivity index (χ4v) is 2.38. The molecule has 0 saturated heterocycles. The lowest BCUT2D eigenvalue weighted by molar-refractivity contribution is 0.684. The van der Waals surface area contributed by atoms with Gasteiger partial charge in [0.2, 0.25) is 0 Å². The third kappa shape index (κ3) is 2.47. The van der Waals surface area contributed by atoms with Crippen LogP contribution in [0.1, 0.15) is 18.3 Å². The molecule has 94 valence electrons. The van der Waals surface area contributed by atoms with Crippen molar-refractivity contribution in [2.75, 3.05) is 6.26 Å². The van der Waals surface area contributed by atoms with Crippen LogP contribution in [0.25, 0.3) is 11.0 Å². The van der Waals surface area contributed by atoms with E-state index in [0.717, 1.165) is 23.4 Å². The number of alkyl halides is 1. The van der Waals surface area contributed by atoms with Crippen molar-refractivity contribution in [2.24, 2.45) is 0 Å². The van der Waals surface area contributed by atoms with Crippen LogP contribution in [0.5, 0.6) is 0 Å². The van der Waals surface area contributed by atoms with E-state index >= 15 is 0 Å². The quantitative estimate of drug-likeness (QED) is 0.806. The Balaban J connectivity index is 2.56. The molecular weight excluding hydrogens is 266 g/mol. The summed E-state index contributed by atoms with van der Waals surface area (Å²) in [7, 11) is 0. The standard InChI is InChI=1S/C13H14ClN3S/c1-9(18-2)8-17-12-5-10(7-15)3-4-11(12)16-13(17)6-14/h3-5,9H,6,8H2,1-2H3. The number of hydrogen-bond acceptors (Lipinski definition) is 3. The predicted octanol–water partition coefficient (Wildman–Crippen LogP) is 3.40. The molecule has 1 atom stereocenters. The Labute approximate surface area is 116 Å². The Kier molecular flexibility index (Phi) is 4.15. The molecule has 0 spiro atoms. The first kappa shape index (κ1) is 13.3. The highest BCUT2D eigenvalue weighted by Crippen LogP contribution is 2.21. The summed E-state index contributed by atoms with van der Waals surface area (Å²) >= 11 is 7.75. The van der Waals surface area contributed by atoms with Gasteiger partial charge in [0.05, 0.1) is 28.5 Å². The summed E-state index contributed by atoms with van der Waals surface area (Å²) in [5.74, 6) is 1.25. The van der Waals surface area contributed by atoms with E-state index in [-0.39, 0.29) is 0 Å². The average Bonchev–Trinajstić information content (AvgIpc) is 2.75. The molecule has 1 aromatic carbocycles. The van der Waals surface area contributed by atoms with Crippen molar-refractivity contribution in [3.8, 4) is 6.07 Å². The van der Waals surface area contributed by atoms with Crippen molar-refractivity contribution in [3.05, 3.63) is 29.6 Å². The molecule has 0 saturated carbocycles. The SMILES string of the molecule is CSC(C)Cn1c(CCl)nc2ccc(C#N)cc21. The van der Waals surface area contributed by atoms with Crippen LogP contribution in [0.15, 0.2) is 18.2 Å². The highest BCUT2D eigenvalue weighted by Gasteiger charge is 2.12. The zero-order valence-electron chi connectivity index (χ0n) is 10.4. The average molecular weight is 280 g/mol. The first-order chi connectivity index (χ1) is 8.69. The summed E-state index contributed by atoms with van der Waals surface area (Å²) in [6, 6.07) is 7.71. The molecule has 1 unspecified atom stereocenters. The van der Waals surface area contributed by atoms with E-state index in [9.17, 15) is 0 Å². The second-order valence-corrected chi connectivity index (χ2v) is 5.68. The van der Waals surface area contributed by atoms with Crippen molar-refractivity contribution in [3.63, 3.8) is 0 Å². The molecule has 5 heteroatoms. The van der Waals surface area contributed by atoms with Crippen LogP contribution in [0.2, 0.25) is 0 Å². The first-order valence-electron chi connectivity index (χ1n) is 5.67. The topological polar surface area (TPSA) is 41.6 Å². The maximum absolute atomic E-state index is 8.97. The maximum atomic E-state index is 8.97. The van der Waals surface area contributed by atoms with Crippen LogP contribution >= 0.6 is 23.4 Å². The van der Waals surface area contributed by atoms with Crippen molar-refractivity contribution >= 4 is 34.4 Å². The minimum Gasteiger partial charge on any atom is -0.326 e. The summed E-state index contributed by atoms with van der Waals surface area (Å²) in [6.45, 7) is 3.03. The Morgan fingerprint density at radius 1 is 1.56 bits per heavy atom. The van der Waals surface area contributed by atoms with E-state index in [4.69, 9.17) is 16.9 Å². The van der Waals surface area contributed by atoms with Gasteiger partial charge in [-0.3, -0.25) is 0 Å². The van der Waals surface area contributed by atoms with Gasteiger partial charge in [-0.05, 0) is 24.5 Å². The zero-order valence-corrected chi connectivity index (χ0v) is 11.9. The molecule has 0 fully saturated rings. The molecule has 1 heterocycles. The minimum absolute atomic E-state index is 0.387. The van der Waals surface area contributed by atoms with Gasteiger partial charge < -0.3 is 4.57 Å². The van der Waals surface area contributed by atoms with Gasteiger partial charge in [-0.1, -0.05) is 6.92 Å². The van der Waals surface area contributed by atoms with Crippen LogP contribution in [0.4, 0.5) is 0 Å². The molecule has 1 aromatic heterocycles. The Morgan fingerprint density at radius 2 is 2.33 bits per heavy atom. The molecule has 0 bridgehead atoms. The van der Waals surface area contributed by atoms with E-state index < -0.39 is 0 Å². The summed E-state index contributed by atoms with van der Waals surface area (Å²) in [5.41, 5.74) is 2.55. The second kappa shape index (κ2) is 5.64. The fraction of sp³-hybridized carbons (Fsp3) is 0.385. The molecule has 2 rings (SSSR count). The highest BCUT2D eigenvalue weighted by atomic mass is 35.5. The van der Waals surface area contributed by atoms with Crippen LogP contribution in [0.3, 0.4) is 0 Å². The van der Waals surface area contributed by atoms with E-state index in [1.165, 1.54) is 0 Å². The largest absolute Gasteiger partial charge is 0.326 e. The lowest BCUT2D eigenvalue weighted by Gasteiger charge is -2.12. The third-order valence-electron chi connectivity index (χ3n) is 2.92. The van der Waals surface area contributed by atoms with Gasteiger partial charge in [-0.2, -0.15) is 17.0 Å². The highest BCUT2D eigenvalue weighted by molar-refractivity contribution is 7.99. The van der Waals surface area contributed by atoms with Crippen molar-refractivity contribution < 1.29 is 0 Å². The summed E-state index contributed by atoms with van der Waals surface area (Å²) in [5, 5.41) is 9.45. The van der Waals surface area contributed by atoms with Crippen LogP contribution in [-0.2, 0) is 12.4 Å². The molecule has 2 aromatic rings. The predicted molar refractivity (Wildman–Crippen MR) is 77.0 cm³/mol. The van der Waals surface area contributed by atoms with Crippen molar-refractivity contribution in [1.29, 1.82) is 5.26 Å². The molecule has 0 N–H and O–H groups in total. The van der Waals surface area contributed by atoms with Gasteiger partial charge in [0, 0.05) is 11.8 Å². The lowest BCUT2D eigenvalue weighted by atomic mass is 10.2. The zero-order chi connectivity index (χ0) is 13.1. The fourth-order valence-electron chi connectivity index (χ4n) is 1.88. The normalized spacial score (nSPS) is 12.6. The van der Waals surface area contributed by atoms with Crippen molar-refractivity contribution in [1.82, 2.24) is 9.55 Å². The third-order valence-corrected chi connectivity index (χ3v) is 4.11. The van der Waals surface area contributed by atoms with Gasteiger partial charge in [0.1, 0.15) is 5.82 Å². The number of halogens is 1. The van der Waals surface area contributed by atoms with Gasteiger partial charge in [-0.25, -0.2) is 4.98 Å². The number of benzene rings is 1. The van der Waals surface area contributed by atoms with E-state index in [1.54, 1.807) is 17.8 Å². The number of fused-ring (bicyclic) bond motifs is 1. The molecule has 0 aliphatic rings. The first-order valence-corrected chi connectivity index (χ1v) is 7.50. The molecule has 18 heavy (non-hydrogen) atoms. The molecular formula is C13H14ClN3S. The lowest BCUT2D eigenvalue weighted by Crippen LogP contribution is -2.11. The number of imidazole rings is 1. The number of rotatable bonds is 4. The van der Waals surface area contributed by atoms with Crippen molar-refractivity contribution in [2.45, 2.75) is 24.6 Å². The van der Waals surface area contributed by atoms with E-state index in [0.29, 0.717) is 16.7 Å². The number of thioether (sulfide) groups is 1. The Bertz CT molecular complexity index is 600. The molecule has 0 radical (unpaired) electrons. The van der Waals surface area contributed by atoms with E-state index in [2.05, 4.69) is 28.8 Å². The van der Waals surface area contributed by atoms with Crippen LogP contribution in [0, 0.1) is 11.3 Å². The Hall–Kier alpha value is -1.18. The Morgan fingerprint density at radius 3 is 2.94 bits per heavy atom.